The highest BCUT2D eigenvalue weighted by atomic mass is 35.5. The van der Waals surface area contributed by atoms with E-state index in [1.54, 1.807) is 43.8 Å². The zero-order valence-corrected chi connectivity index (χ0v) is 17.8. The van der Waals surface area contributed by atoms with Crippen LogP contribution in [0, 0.1) is 5.92 Å². The Hall–Kier alpha value is -2.51. The van der Waals surface area contributed by atoms with Crippen molar-refractivity contribution in [3.8, 4) is 11.5 Å². The van der Waals surface area contributed by atoms with E-state index in [9.17, 15) is 4.79 Å². The number of methoxy groups -OCH3 is 2. The summed E-state index contributed by atoms with van der Waals surface area (Å²) in [6.07, 6.45) is 1.77. The molecule has 1 fully saturated rings. The first kappa shape index (κ1) is 19.8. The summed E-state index contributed by atoms with van der Waals surface area (Å²) in [5.74, 6) is 1.25. The van der Waals surface area contributed by atoms with Crippen LogP contribution in [0.5, 0.6) is 11.5 Å². The number of hydrogen-bond donors (Lipinski definition) is 1. The van der Waals surface area contributed by atoms with Crippen molar-refractivity contribution in [2.75, 3.05) is 37.5 Å². The molecule has 0 bridgehead atoms. The van der Waals surface area contributed by atoms with Crippen LogP contribution >= 0.6 is 22.9 Å². The zero-order chi connectivity index (χ0) is 20.4. The van der Waals surface area contributed by atoms with Gasteiger partial charge < -0.3 is 19.7 Å². The average Bonchev–Trinajstić information content (AvgIpc) is 3.17. The number of piperidine rings is 1. The number of nitrogens with zero attached hydrogens (tertiary/aromatic N) is 2. The molecule has 6 nitrogen and oxygen atoms in total. The van der Waals surface area contributed by atoms with E-state index in [0.717, 1.165) is 40.5 Å². The molecule has 8 heteroatoms. The number of ether oxygens (including phenoxy) is 2. The lowest BCUT2D eigenvalue weighted by atomic mass is 9.97. The molecule has 3 aromatic rings. The van der Waals surface area contributed by atoms with Gasteiger partial charge >= 0.3 is 0 Å². The maximum atomic E-state index is 12.9. The average molecular weight is 432 g/mol. The predicted octanol–water partition coefficient (Wildman–Crippen LogP) is 4.82. The van der Waals surface area contributed by atoms with E-state index in [1.807, 2.05) is 18.2 Å². The molecule has 152 valence electrons. The second-order valence-electron chi connectivity index (χ2n) is 6.95. The fraction of sp³-hybridized carbons (Fsp3) is 0.333. The van der Waals surface area contributed by atoms with Crippen molar-refractivity contribution < 1.29 is 14.3 Å². The third kappa shape index (κ3) is 4.26. The number of carbonyl (C=O) groups is 1. The number of carbonyl (C=O) groups excluding carboxylic acids is 1. The maximum absolute atomic E-state index is 12.9. The van der Waals surface area contributed by atoms with E-state index in [1.165, 1.54) is 0 Å². The van der Waals surface area contributed by atoms with Crippen LogP contribution in [0.25, 0.3) is 10.2 Å². The SMILES string of the molecule is COc1ccc2nc(N3CCCC(C(=O)Nc4cc(Cl)ccc4OC)C3)sc2c1. The van der Waals surface area contributed by atoms with Gasteiger partial charge in [0.15, 0.2) is 5.13 Å². The molecule has 1 unspecified atom stereocenters. The largest absolute Gasteiger partial charge is 0.497 e. The maximum Gasteiger partial charge on any atom is 0.229 e. The highest BCUT2D eigenvalue weighted by molar-refractivity contribution is 7.22. The Morgan fingerprint density at radius 3 is 2.90 bits per heavy atom. The van der Waals surface area contributed by atoms with E-state index in [2.05, 4.69) is 10.2 Å². The van der Waals surface area contributed by atoms with Crippen LogP contribution in [0.2, 0.25) is 5.02 Å². The van der Waals surface area contributed by atoms with Gasteiger partial charge in [0.2, 0.25) is 5.91 Å². The zero-order valence-electron chi connectivity index (χ0n) is 16.3. The minimum absolute atomic E-state index is 0.0296. The number of benzene rings is 2. The van der Waals surface area contributed by atoms with E-state index < -0.39 is 0 Å². The predicted molar refractivity (Wildman–Crippen MR) is 118 cm³/mol. The quantitative estimate of drug-likeness (QED) is 0.627. The number of nitrogens with one attached hydrogen (secondary N) is 1. The summed E-state index contributed by atoms with van der Waals surface area (Å²) in [7, 11) is 3.23. The van der Waals surface area contributed by atoms with Crippen molar-refractivity contribution in [3.05, 3.63) is 41.4 Å². The number of rotatable bonds is 5. The summed E-state index contributed by atoms with van der Waals surface area (Å²) in [6, 6.07) is 11.1. The van der Waals surface area contributed by atoms with Gasteiger partial charge in [0, 0.05) is 18.1 Å². The van der Waals surface area contributed by atoms with Crippen molar-refractivity contribution in [3.63, 3.8) is 0 Å². The van der Waals surface area contributed by atoms with Gasteiger partial charge in [-0.1, -0.05) is 22.9 Å². The summed E-state index contributed by atoms with van der Waals surface area (Å²) in [5.41, 5.74) is 1.54. The molecule has 0 aliphatic carbocycles. The summed E-state index contributed by atoms with van der Waals surface area (Å²) in [4.78, 5) is 19.9. The van der Waals surface area contributed by atoms with Crippen LogP contribution in [-0.4, -0.2) is 38.2 Å². The third-order valence-electron chi connectivity index (χ3n) is 5.07. The van der Waals surface area contributed by atoms with Crippen LogP contribution in [0.15, 0.2) is 36.4 Å². The Balaban J connectivity index is 1.49. The number of aromatic nitrogens is 1. The topological polar surface area (TPSA) is 63.7 Å². The molecule has 4 rings (SSSR count). The molecule has 2 heterocycles. The molecule has 1 saturated heterocycles. The Morgan fingerprint density at radius 1 is 1.24 bits per heavy atom. The van der Waals surface area contributed by atoms with Crippen molar-refractivity contribution in [1.29, 1.82) is 0 Å². The molecule has 1 atom stereocenters. The first-order valence-corrected chi connectivity index (χ1v) is 10.6. The highest BCUT2D eigenvalue weighted by Gasteiger charge is 2.28. The van der Waals surface area contributed by atoms with Crippen molar-refractivity contribution >= 4 is 49.9 Å². The number of anilines is 2. The van der Waals surface area contributed by atoms with Crippen LogP contribution in [-0.2, 0) is 4.79 Å². The van der Waals surface area contributed by atoms with Gasteiger partial charge in [0.05, 0.1) is 36.0 Å². The van der Waals surface area contributed by atoms with Crippen molar-refractivity contribution in [2.24, 2.45) is 5.92 Å². The third-order valence-corrected chi connectivity index (χ3v) is 6.38. The van der Waals surface area contributed by atoms with E-state index in [4.69, 9.17) is 26.1 Å². The van der Waals surface area contributed by atoms with E-state index in [-0.39, 0.29) is 11.8 Å². The number of thiazole rings is 1. The first-order chi connectivity index (χ1) is 14.1. The Bertz CT molecular complexity index is 1040. The summed E-state index contributed by atoms with van der Waals surface area (Å²) in [6.45, 7) is 1.52. The van der Waals surface area contributed by atoms with Crippen LogP contribution < -0.4 is 19.7 Å². The second-order valence-corrected chi connectivity index (χ2v) is 8.39. The molecule has 0 saturated carbocycles. The first-order valence-electron chi connectivity index (χ1n) is 9.41. The molecule has 1 aromatic heterocycles. The standard InChI is InChI=1S/C21H22ClN3O3S/c1-27-15-6-7-16-19(11-15)29-21(24-16)25-9-3-4-13(12-25)20(26)23-17-10-14(22)5-8-18(17)28-2/h5-8,10-11,13H,3-4,9,12H2,1-2H3,(H,23,26). The molecule has 29 heavy (non-hydrogen) atoms. The van der Waals surface area contributed by atoms with Gasteiger partial charge in [-0.3, -0.25) is 4.79 Å². The van der Waals surface area contributed by atoms with Gasteiger partial charge in [-0.25, -0.2) is 4.98 Å². The molecule has 1 aliphatic heterocycles. The molecule has 0 spiro atoms. The Morgan fingerprint density at radius 2 is 2.10 bits per heavy atom. The minimum Gasteiger partial charge on any atom is -0.497 e. The number of amides is 1. The molecule has 1 amide bonds. The lowest BCUT2D eigenvalue weighted by molar-refractivity contribution is -0.120. The van der Waals surface area contributed by atoms with Crippen LogP contribution in [0.1, 0.15) is 12.8 Å². The number of fused-ring (bicyclic) bond motifs is 1. The van der Waals surface area contributed by atoms with Crippen molar-refractivity contribution in [2.45, 2.75) is 12.8 Å². The van der Waals surface area contributed by atoms with E-state index >= 15 is 0 Å². The normalized spacial score (nSPS) is 16.7. The molecule has 0 radical (unpaired) electrons. The summed E-state index contributed by atoms with van der Waals surface area (Å²) in [5, 5.41) is 4.47. The Labute approximate surface area is 178 Å². The van der Waals surface area contributed by atoms with Gasteiger partial charge in [0.1, 0.15) is 11.5 Å². The molecular weight excluding hydrogens is 410 g/mol. The lowest BCUT2D eigenvalue weighted by Gasteiger charge is -2.31. The van der Waals surface area contributed by atoms with E-state index in [0.29, 0.717) is 23.0 Å². The van der Waals surface area contributed by atoms with Gasteiger partial charge in [0.25, 0.3) is 0 Å². The monoisotopic (exact) mass is 431 g/mol. The smallest absolute Gasteiger partial charge is 0.229 e. The van der Waals surface area contributed by atoms with Crippen LogP contribution in [0.4, 0.5) is 10.8 Å². The lowest BCUT2D eigenvalue weighted by Crippen LogP contribution is -2.40. The summed E-state index contributed by atoms with van der Waals surface area (Å²) >= 11 is 7.70. The molecule has 2 aromatic carbocycles. The minimum atomic E-state index is -0.131. The fourth-order valence-corrected chi connectivity index (χ4v) is 4.73. The van der Waals surface area contributed by atoms with Gasteiger partial charge in [-0.2, -0.15) is 0 Å². The van der Waals surface area contributed by atoms with Gasteiger partial charge in [-0.05, 0) is 49.2 Å². The Kier molecular flexibility index (Phi) is 5.78. The van der Waals surface area contributed by atoms with Gasteiger partial charge in [-0.15, -0.1) is 0 Å². The summed E-state index contributed by atoms with van der Waals surface area (Å²) < 4.78 is 11.7. The molecule has 1 aliphatic rings. The van der Waals surface area contributed by atoms with Crippen molar-refractivity contribution in [1.82, 2.24) is 4.98 Å². The van der Waals surface area contributed by atoms with Crippen LogP contribution in [0.3, 0.4) is 0 Å². The highest BCUT2D eigenvalue weighted by Crippen LogP contribution is 2.34. The molecule has 1 N–H and O–H groups in total. The number of halogens is 1. The fourth-order valence-electron chi connectivity index (χ4n) is 3.53. The number of hydrogen-bond acceptors (Lipinski definition) is 6. The molecular formula is C21H22ClN3O3S. The second kappa shape index (κ2) is 8.47.